The molecule has 0 saturated carbocycles. The number of hydrogen-bond donors (Lipinski definition) is 1. The van der Waals surface area contributed by atoms with E-state index in [4.69, 9.17) is 15.3 Å². The summed E-state index contributed by atoms with van der Waals surface area (Å²) in [5.74, 6) is -0.209. The molecule has 0 bridgehead atoms. The summed E-state index contributed by atoms with van der Waals surface area (Å²) < 4.78 is 43.3. The Bertz CT molecular complexity index is 474. The van der Waals surface area contributed by atoms with Crippen LogP contribution in [-0.2, 0) is 11.0 Å². The third kappa shape index (κ3) is 3.37. The fraction of sp³-hybridized carbons (Fsp3) is 0.417. The summed E-state index contributed by atoms with van der Waals surface area (Å²) in [4.78, 5) is 5.01. The number of rotatable bonds is 4. The molecule has 19 heavy (non-hydrogen) atoms. The first-order valence-electron chi connectivity index (χ1n) is 5.71. The fourth-order valence-corrected chi connectivity index (χ4v) is 1.71. The molecule has 4 nitrogen and oxygen atoms in total. The zero-order valence-electron chi connectivity index (χ0n) is 9.98. The maximum absolute atomic E-state index is 12.7. The van der Waals surface area contributed by atoms with Crippen LogP contribution in [0.25, 0.3) is 0 Å². The van der Waals surface area contributed by atoms with Crippen LogP contribution in [0.2, 0.25) is 0 Å². The first kappa shape index (κ1) is 13.7. The molecule has 1 aliphatic rings. The SMILES string of the molecule is NCC1=NOC(COc2ccccc2C(F)(F)F)C1. The number of para-hydroxylation sites is 1. The molecule has 0 fully saturated rings. The minimum atomic E-state index is -4.44. The van der Waals surface area contributed by atoms with Crippen LogP contribution in [0.15, 0.2) is 29.4 Å². The Labute approximate surface area is 108 Å². The lowest BCUT2D eigenvalue weighted by atomic mass is 10.2. The maximum Gasteiger partial charge on any atom is 0.419 e. The summed E-state index contributed by atoms with van der Waals surface area (Å²) in [5.41, 5.74) is 5.26. The van der Waals surface area contributed by atoms with E-state index < -0.39 is 11.7 Å². The van der Waals surface area contributed by atoms with E-state index in [1.165, 1.54) is 18.2 Å². The lowest BCUT2D eigenvalue weighted by Gasteiger charge is -2.15. The van der Waals surface area contributed by atoms with E-state index in [9.17, 15) is 13.2 Å². The third-order valence-corrected chi connectivity index (χ3v) is 2.65. The number of halogens is 3. The van der Waals surface area contributed by atoms with Crippen LogP contribution in [0.4, 0.5) is 13.2 Å². The molecule has 0 aliphatic carbocycles. The molecule has 1 aromatic carbocycles. The minimum absolute atomic E-state index is 0.0000926. The van der Waals surface area contributed by atoms with Gasteiger partial charge in [0.2, 0.25) is 0 Å². The van der Waals surface area contributed by atoms with Crippen molar-refractivity contribution in [3.05, 3.63) is 29.8 Å². The average Bonchev–Trinajstić information content (AvgIpc) is 2.83. The largest absolute Gasteiger partial charge is 0.489 e. The van der Waals surface area contributed by atoms with Crippen molar-refractivity contribution in [3.8, 4) is 5.75 Å². The van der Waals surface area contributed by atoms with Gasteiger partial charge in [-0.05, 0) is 12.1 Å². The van der Waals surface area contributed by atoms with Crippen LogP contribution in [-0.4, -0.2) is 25.0 Å². The number of nitrogens with two attached hydrogens (primary N) is 1. The van der Waals surface area contributed by atoms with Gasteiger partial charge >= 0.3 is 6.18 Å². The number of oxime groups is 1. The second kappa shape index (κ2) is 5.48. The molecule has 2 N–H and O–H groups in total. The van der Waals surface area contributed by atoms with Crippen molar-refractivity contribution in [1.82, 2.24) is 0 Å². The molecule has 1 heterocycles. The van der Waals surface area contributed by atoms with Gasteiger partial charge in [-0.25, -0.2) is 0 Å². The highest BCUT2D eigenvalue weighted by molar-refractivity contribution is 5.87. The van der Waals surface area contributed by atoms with E-state index >= 15 is 0 Å². The molecule has 7 heteroatoms. The fourth-order valence-electron chi connectivity index (χ4n) is 1.71. The molecular weight excluding hydrogens is 261 g/mol. The van der Waals surface area contributed by atoms with Gasteiger partial charge in [-0.2, -0.15) is 13.2 Å². The Kier molecular flexibility index (Phi) is 3.94. The molecule has 0 saturated heterocycles. The zero-order chi connectivity index (χ0) is 13.9. The number of alkyl halides is 3. The summed E-state index contributed by atoms with van der Waals surface area (Å²) in [7, 11) is 0. The predicted octanol–water partition coefficient (Wildman–Crippen LogP) is 2.19. The van der Waals surface area contributed by atoms with Crippen molar-refractivity contribution in [2.75, 3.05) is 13.2 Å². The van der Waals surface area contributed by atoms with Crippen LogP contribution >= 0.6 is 0 Å². The zero-order valence-corrected chi connectivity index (χ0v) is 9.98. The Balaban J connectivity index is 1.97. The van der Waals surface area contributed by atoms with Gasteiger partial charge in [-0.3, -0.25) is 0 Å². The summed E-state index contributed by atoms with van der Waals surface area (Å²) in [5, 5.41) is 3.71. The van der Waals surface area contributed by atoms with Crippen molar-refractivity contribution < 1.29 is 22.7 Å². The maximum atomic E-state index is 12.7. The highest BCUT2D eigenvalue weighted by atomic mass is 19.4. The monoisotopic (exact) mass is 274 g/mol. The number of nitrogens with zero attached hydrogens (tertiary/aromatic N) is 1. The van der Waals surface area contributed by atoms with Gasteiger partial charge in [-0.1, -0.05) is 17.3 Å². The number of hydrogen-bond acceptors (Lipinski definition) is 4. The normalized spacial score (nSPS) is 18.9. The van der Waals surface area contributed by atoms with Gasteiger partial charge in [-0.15, -0.1) is 0 Å². The second-order valence-electron chi connectivity index (χ2n) is 4.10. The molecule has 2 rings (SSSR count). The van der Waals surface area contributed by atoms with Gasteiger partial charge in [0.05, 0.1) is 11.3 Å². The van der Waals surface area contributed by atoms with Gasteiger partial charge in [0.1, 0.15) is 12.4 Å². The van der Waals surface area contributed by atoms with Crippen LogP contribution in [0.5, 0.6) is 5.75 Å². The van der Waals surface area contributed by atoms with Gasteiger partial charge in [0.15, 0.2) is 6.10 Å². The van der Waals surface area contributed by atoms with Crippen LogP contribution < -0.4 is 10.5 Å². The van der Waals surface area contributed by atoms with E-state index in [0.29, 0.717) is 12.1 Å². The highest BCUT2D eigenvalue weighted by Crippen LogP contribution is 2.36. The van der Waals surface area contributed by atoms with Crippen molar-refractivity contribution in [3.63, 3.8) is 0 Å². The molecule has 0 radical (unpaired) electrons. The Morgan fingerprint density at radius 1 is 1.37 bits per heavy atom. The van der Waals surface area contributed by atoms with Gasteiger partial charge in [0.25, 0.3) is 0 Å². The lowest BCUT2D eigenvalue weighted by molar-refractivity contribution is -0.139. The molecule has 1 aliphatic heterocycles. The average molecular weight is 274 g/mol. The smallest absolute Gasteiger partial charge is 0.419 e. The summed E-state index contributed by atoms with van der Waals surface area (Å²) in [6, 6.07) is 5.06. The molecule has 0 amide bonds. The lowest BCUT2D eigenvalue weighted by Crippen LogP contribution is -2.21. The molecule has 0 aromatic heterocycles. The second-order valence-corrected chi connectivity index (χ2v) is 4.10. The minimum Gasteiger partial charge on any atom is -0.489 e. The first-order valence-corrected chi connectivity index (χ1v) is 5.71. The quantitative estimate of drug-likeness (QED) is 0.915. The molecular formula is C12H13F3N2O2. The highest BCUT2D eigenvalue weighted by Gasteiger charge is 2.34. The van der Waals surface area contributed by atoms with E-state index in [1.54, 1.807) is 0 Å². The van der Waals surface area contributed by atoms with Crippen molar-refractivity contribution >= 4 is 5.71 Å². The Morgan fingerprint density at radius 2 is 2.11 bits per heavy atom. The summed E-state index contributed by atoms with van der Waals surface area (Å²) >= 11 is 0. The van der Waals surface area contributed by atoms with Crippen LogP contribution in [0, 0.1) is 0 Å². The summed E-state index contributed by atoms with van der Waals surface area (Å²) in [6.45, 7) is 0.274. The standard InChI is InChI=1S/C12H13F3N2O2/c13-12(14,15)10-3-1-2-4-11(10)18-7-9-5-8(6-16)17-19-9/h1-4,9H,5-7,16H2. The van der Waals surface area contributed by atoms with E-state index in [2.05, 4.69) is 5.16 Å². The molecule has 0 spiro atoms. The molecule has 1 aromatic rings. The van der Waals surface area contributed by atoms with E-state index in [0.717, 1.165) is 6.07 Å². The van der Waals surface area contributed by atoms with Crippen molar-refractivity contribution in [1.29, 1.82) is 0 Å². The topological polar surface area (TPSA) is 56.8 Å². The Hall–Kier alpha value is -1.76. The molecule has 1 unspecified atom stereocenters. The number of ether oxygens (including phenoxy) is 1. The van der Waals surface area contributed by atoms with E-state index in [1.807, 2.05) is 0 Å². The first-order chi connectivity index (χ1) is 9.00. The van der Waals surface area contributed by atoms with Crippen LogP contribution in [0.1, 0.15) is 12.0 Å². The van der Waals surface area contributed by atoms with Gasteiger partial charge < -0.3 is 15.3 Å². The predicted molar refractivity (Wildman–Crippen MR) is 62.9 cm³/mol. The van der Waals surface area contributed by atoms with Crippen molar-refractivity contribution in [2.45, 2.75) is 18.7 Å². The van der Waals surface area contributed by atoms with Crippen molar-refractivity contribution in [2.24, 2.45) is 10.9 Å². The Morgan fingerprint density at radius 3 is 2.74 bits per heavy atom. The molecule has 104 valence electrons. The van der Waals surface area contributed by atoms with Crippen LogP contribution in [0.3, 0.4) is 0 Å². The number of benzene rings is 1. The van der Waals surface area contributed by atoms with E-state index in [-0.39, 0.29) is 25.0 Å². The molecule has 1 atom stereocenters. The summed E-state index contributed by atoms with van der Waals surface area (Å²) in [6.07, 6.45) is -4.35. The van der Waals surface area contributed by atoms with Gasteiger partial charge in [0, 0.05) is 13.0 Å². The third-order valence-electron chi connectivity index (χ3n) is 2.65.